The lowest BCUT2D eigenvalue weighted by atomic mass is 10.0. The van der Waals surface area contributed by atoms with Gasteiger partial charge in [0.1, 0.15) is 5.02 Å². The largest absolute Gasteiger partial charge is 0.358 e. The minimum atomic E-state index is -0.447. The zero-order valence-corrected chi connectivity index (χ0v) is 14.4. The highest BCUT2D eigenvalue weighted by atomic mass is 35.5. The van der Waals surface area contributed by atoms with E-state index in [4.69, 9.17) is 11.6 Å². The third-order valence-corrected chi connectivity index (χ3v) is 4.85. The molecule has 6 nitrogen and oxygen atoms in total. The third kappa shape index (κ3) is 3.01. The lowest BCUT2D eigenvalue weighted by Crippen LogP contribution is -2.51. The Bertz CT molecular complexity index is 820. The molecule has 3 rings (SSSR count). The molecular formula is C17H19ClN4O2. The second-order valence-corrected chi connectivity index (χ2v) is 6.32. The molecule has 1 unspecified atom stereocenters. The van der Waals surface area contributed by atoms with E-state index in [-0.39, 0.29) is 23.5 Å². The van der Waals surface area contributed by atoms with Crippen molar-refractivity contribution in [2.24, 2.45) is 0 Å². The number of amides is 1. The van der Waals surface area contributed by atoms with Crippen molar-refractivity contribution in [3.05, 3.63) is 57.0 Å². The molecule has 24 heavy (non-hydrogen) atoms. The predicted octanol–water partition coefficient (Wildman–Crippen LogP) is 2.14. The average Bonchev–Trinajstić information content (AvgIpc) is 2.57. The first kappa shape index (κ1) is 16.5. The van der Waals surface area contributed by atoms with Crippen molar-refractivity contribution in [2.75, 3.05) is 24.5 Å². The van der Waals surface area contributed by atoms with Gasteiger partial charge in [0.05, 0.1) is 24.5 Å². The summed E-state index contributed by atoms with van der Waals surface area (Å²) in [5, 5.41) is 6.12. The van der Waals surface area contributed by atoms with E-state index >= 15 is 0 Å². The van der Waals surface area contributed by atoms with E-state index in [1.165, 1.54) is 11.8 Å². The molecule has 0 saturated carbocycles. The maximum atomic E-state index is 12.6. The Balaban J connectivity index is 1.79. The zero-order valence-electron chi connectivity index (χ0n) is 13.6. The molecular weight excluding hydrogens is 328 g/mol. The second-order valence-electron chi connectivity index (χ2n) is 5.94. The molecule has 1 aromatic heterocycles. The first-order chi connectivity index (χ1) is 11.5. The number of anilines is 1. The Labute approximate surface area is 145 Å². The molecule has 7 heteroatoms. The Morgan fingerprint density at radius 2 is 2.00 bits per heavy atom. The normalized spacial score (nSPS) is 16.4. The lowest BCUT2D eigenvalue weighted by Gasteiger charge is -2.39. The number of aromatic amines is 1. The molecule has 1 aromatic carbocycles. The third-order valence-electron chi connectivity index (χ3n) is 4.48. The van der Waals surface area contributed by atoms with E-state index in [0.29, 0.717) is 18.8 Å². The van der Waals surface area contributed by atoms with Crippen LogP contribution in [0.5, 0.6) is 0 Å². The number of carbonyl (C=O) groups is 1. The fraction of sp³-hybridized carbons (Fsp3) is 0.353. The minimum Gasteiger partial charge on any atom is -0.358 e. The molecule has 0 radical (unpaired) electrons. The topological polar surface area (TPSA) is 69.3 Å². The molecule has 1 aliphatic heterocycles. The second kappa shape index (κ2) is 6.65. The van der Waals surface area contributed by atoms with Gasteiger partial charge in [0, 0.05) is 13.1 Å². The number of halogens is 1. The number of hydrogen-bond donors (Lipinski definition) is 1. The molecule has 126 valence electrons. The molecule has 1 atom stereocenters. The average molecular weight is 347 g/mol. The van der Waals surface area contributed by atoms with Gasteiger partial charge in [-0.25, -0.2) is 5.10 Å². The number of aromatic nitrogens is 2. The molecule has 1 saturated heterocycles. The van der Waals surface area contributed by atoms with Crippen LogP contribution < -0.4 is 10.5 Å². The van der Waals surface area contributed by atoms with Crippen LogP contribution in [0.4, 0.5) is 5.69 Å². The highest BCUT2D eigenvalue weighted by molar-refractivity contribution is 6.33. The smallest absolute Gasteiger partial charge is 0.285 e. The number of benzene rings is 1. The van der Waals surface area contributed by atoms with Crippen LogP contribution in [-0.4, -0.2) is 40.6 Å². The maximum absolute atomic E-state index is 12.6. The minimum absolute atomic E-state index is 0.00773. The molecule has 0 spiro atoms. The van der Waals surface area contributed by atoms with Crippen molar-refractivity contribution in [3.63, 3.8) is 0 Å². The summed E-state index contributed by atoms with van der Waals surface area (Å²) in [5.74, 6) is 0.00773. The summed E-state index contributed by atoms with van der Waals surface area (Å²) in [6.45, 7) is 5.44. The van der Waals surface area contributed by atoms with Crippen LogP contribution in [0.15, 0.2) is 35.3 Å². The fourth-order valence-electron chi connectivity index (χ4n) is 3.12. The van der Waals surface area contributed by atoms with Crippen molar-refractivity contribution in [3.8, 4) is 0 Å². The first-order valence-electron chi connectivity index (χ1n) is 7.82. The summed E-state index contributed by atoms with van der Waals surface area (Å²) >= 11 is 6.04. The summed E-state index contributed by atoms with van der Waals surface area (Å²) in [6, 6.07) is 8.09. The van der Waals surface area contributed by atoms with Gasteiger partial charge in [0.25, 0.3) is 5.56 Å². The van der Waals surface area contributed by atoms with E-state index < -0.39 is 5.56 Å². The lowest BCUT2D eigenvalue weighted by molar-refractivity contribution is -0.133. The number of nitrogens with one attached hydrogen (secondary N) is 1. The van der Waals surface area contributed by atoms with E-state index in [9.17, 15) is 9.59 Å². The number of rotatable bonds is 3. The Kier molecular flexibility index (Phi) is 4.57. The summed E-state index contributed by atoms with van der Waals surface area (Å²) < 4.78 is 0. The fourth-order valence-corrected chi connectivity index (χ4v) is 3.33. The van der Waals surface area contributed by atoms with Gasteiger partial charge >= 0.3 is 0 Å². The van der Waals surface area contributed by atoms with Gasteiger partial charge in [-0.2, -0.15) is 5.10 Å². The van der Waals surface area contributed by atoms with Crippen LogP contribution in [0.25, 0.3) is 0 Å². The number of H-pyrrole nitrogens is 1. The molecule has 1 fully saturated rings. The summed E-state index contributed by atoms with van der Waals surface area (Å²) in [6.07, 6.45) is 1.48. The zero-order chi connectivity index (χ0) is 17.3. The Morgan fingerprint density at radius 1 is 1.25 bits per heavy atom. The molecule has 1 N–H and O–H groups in total. The van der Waals surface area contributed by atoms with E-state index in [1.807, 2.05) is 36.9 Å². The standard InChI is InChI=1S/C17H19ClN4O2/c1-11-5-3-4-6-13(11)12(2)22-8-7-21(10-15(22)23)14-9-19-20-17(24)16(14)18/h3-6,9,12H,7-8,10H2,1-2H3,(H,20,24). The van der Waals surface area contributed by atoms with Gasteiger partial charge < -0.3 is 9.80 Å². The molecule has 0 aliphatic carbocycles. The van der Waals surface area contributed by atoms with Crippen LogP contribution in [0.2, 0.25) is 5.02 Å². The number of piperazine rings is 1. The van der Waals surface area contributed by atoms with Gasteiger partial charge in [-0.1, -0.05) is 35.9 Å². The van der Waals surface area contributed by atoms with Crippen LogP contribution in [-0.2, 0) is 4.79 Å². The first-order valence-corrected chi connectivity index (χ1v) is 8.20. The monoisotopic (exact) mass is 346 g/mol. The van der Waals surface area contributed by atoms with Crippen LogP contribution in [0.3, 0.4) is 0 Å². The van der Waals surface area contributed by atoms with Gasteiger partial charge in [-0.3, -0.25) is 9.59 Å². The Hall–Kier alpha value is -2.34. The van der Waals surface area contributed by atoms with Gasteiger partial charge in [0.15, 0.2) is 0 Å². The SMILES string of the molecule is Cc1ccccc1C(C)N1CCN(c2cn[nH]c(=O)c2Cl)CC1=O. The van der Waals surface area contributed by atoms with Gasteiger partial charge in [-0.05, 0) is 25.0 Å². The van der Waals surface area contributed by atoms with Crippen LogP contribution in [0, 0.1) is 6.92 Å². The van der Waals surface area contributed by atoms with Crippen molar-refractivity contribution < 1.29 is 4.79 Å². The summed E-state index contributed by atoms with van der Waals surface area (Å²) in [4.78, 5) is 27.9. The summed E-state index contributed by atoms with van der Waals surface area (Å²) in [7, 11) is 0. The molecule has 1 aliphatic rings. The number of aryl methyl sites for hydroxylation is 1. The number of carbonyl (C=O) groups excluding carboxylic acids is 1. The maximum Gasteiger partial charge on any atom is 0.285 e. The van der Waals surface area contributed by atoms with Gasteiger partial charge in [-0.15, -0.1) is 0 Å². The number of hydrogen-bond acceptors (Lipinski definition) is 4. The molecule has 0 bridgehead atoms. The molecule has 1 amide bonds. The van der Waals surface area contributed by atoms with E-state index in [2.05, 4.69) is 16.3 Å². The summed E-state index contributed by atoms with van der Waals surface area (Å²) in [5.41, 5.74) is 2.37. The predicted molar refractivity (Wildman–Crippen MR) is 93.4 cm³/mol. The molecule has 2 aromatic rings. The van der Waals surface area contributed by atoms with Crippen molar-refractivity contribution >= 4 is 23.2 Å². The molecule has 2 heterocycles. The van der Waals surface area contributed by atoms with Crippen LogP contribution >= 0.6 is 11.6 Å². The number of nitrogens with zero attached hydrogens (tertiary/aromatic N) is 3. The van der Waals surface area contributed by atoms with Crippen molar-refractivity contribution in [1.82, 2.24) is 15.1 Å². The van der Waals surface area contributed by atoms with Crippen molar-refractivity contribution in [1.29, 1.82) is 0 Å². The van der Waals surface area contributed by atoms with Gasteiger partial charge in [0.2, 0.25) is 5.91 Å². The Morgan fingerprint density at radius 3 is 2.71 bits per heavy atom. The van der Waals surface area contributed by atoms with Crippen LogP contribution in [0.1, 0.15) is 24.1 Å². The quantitative estimate of drug-likeness (QED) is 0.924. The highest BCUT2D eigenvalue weighted by Crippen LogP contribution is 2.27. The van der Waals surface area contributed by atoms with Crippen molar-refractivity contribution in [2.45, 2.75) is 19.9 Å². The van der Waals surface area contributed by atoms with E-state index in [1.54, 1.807) is 4.90 Å². The highest BCUT2D eigenvalue weighted by Gasteiger charge is 2.30. The van der Waals surface area contributed by atoms with E-state index in [0.717, 1.165) is 5.56 Å².